The van der Waals surface area contributed by atoms with Crippen molar-refractivity contribution in [2.45, 2.75) is 44.0 Å². The molecule has 25 heavy (non-hydrogen) atoms. The van der Waals surface area contributed by atoms with Crippen molar-refractivity contribution in [3.05, 3.63) is 45.5 Å². The van der Waals surface area contributed by atoms with Crippen molar-refractivity contribution < 1.29 is 14.3 Å². The number of hydrogen-bond acceptors (Lipinski definition) is 4. The Morgan fingerprint density at radius 3 is 2.56 bits per heavy atom. The molecule has 0 saturated carbocycles. The first-order chi connectivity index (χ1) is 11.8. The fraction of sp³-hybridized carbons (Fsp3) is 0.444. The number of aryl methyl sites for hydroxylation is 1. The summed E-state index contributed by atoms with van der Waals surface area (Å²) in [7, 11) is 1.97. The van der Waals surface area contributed by atoms with E-state index in [0.29, 0.717) is 28.9 Å². The number of pyridine rings is 1. The summed E-state index contributed by atoms with van der Waals surface area (Å²) in [5, 5.41) is 9.56. The molecule has 134 valence electrons. The van der Waals surface area contributed by atoms with Crippen LogP contribution in [0.15, 0.2) is 23.1 Å². The number of benzene rings is 1. The van der Waals surface area contributed by atoms with Crippen molar-refractivity contribution in [2.24, 2.45) is 0 Å². The molecule has 1 aromatic heterocycles. The molecular weight excluding hydrogens is 343 g/mol. The van der Waals surface area contributed by atoms with Crippen molar-refractivity contribution in [2.75, 3.05) is 7.05 Å². The predicted octanol–water partition coefficient (Wildman–Crippen LogP) is 3.31. The van der Waals surface area contributed by atoms with Crippen LogP contribution in [0.4, 0.5) is 4.39 Å². The molecule has 0 bridgehead atoms. The Labute approximate surface area is 149 Å². The minimum atomic E-state index is -1.30. The van der Waals surface area contributed by atoms with E-state index in [-0.39, 0.29) is 16.3 Å². The van der Waals surface area contributed by atoms with E-state index in [1.165, 1.54) is 12.3 Å². The number of fused-ring (bicyclic) bond motifs is 1. The van der Waals surface area contributed by atoms with E-state index in [1.807, 2.05) is 14.0 Å². The number of halogens is 1. The smallest absolute Gasteiger partial charge is 0.341 e. The number of carboxylic acid groups (broad SMARTS) is 1. The zero-order valence-corrected chi connectivity index (χ0v) is 15.4. The molecule has 1 aliphatic rings. The molecule has 2 aromatic rings. The van der Waals surface area contributed by atoms with Crippen molar-refractivity contribution in [3.63, 3.8) is 0 Å². The van der Waals surface area contributed by atoms with Crippen molar-refractivity contribution in [1.29, 1.82) is 0 Å². The molecule has 1 fully saturated rings. The van der Waals surface area contributed by atoms with Gasteiger partial charge in [-0.25, -0.2) is 9.18 Å². The highest BCUT2D eigenvalue weighted by Gasteiger charge is 2.36. The lowest BCUT2D eigenvalue weighted by molar-refractivity contribution is 0.0695. The number of hydrogen-bond donors (Lipinski definition) is 1. The van der Waals surface area contributed by atoms with Gasteiger partial charge >= 0.3 is 5.97 Å². The van der Waals surface area contributed by atoms with Crippen LogP contribution in [-0.4, -0.2) is 38.9 Å². The van der Waals surface area contributed by atoms with Gasteiger partial charge in [-0.05, 0) is 33.0 Å². The van der Waals surface area contributed by atoms with Crippen molar-refractivity contribution >= 4 is 28.6 Å². The van der Waals surface area contributed by atoms with E-state index < -0.39 is 17.2 Å². The Hall–Kier alpha value is -1.86. The highest BCUT2D eigenvalue weighted by atomic mass is 32.2. The fourth-order valence-corrected chi connectivity index (χ4v) is 4.82. The van der Waals surface area contributed by atoms with Crippen LogP contribution in [0.1, 0.15) is 42.1 Å². The lowest BCUT2D eigenvalue weighted by Gasteiger charge is -2.24. The van der Waals surface area contributed by atoms with E-state index in [2.05, 4.69) is 18.7 Å². The summed E-state index contributed by atoms with van der Waals surface area (Å²) in [5.41, 5.74) is 0.110. The largest absolute Gasteiger partial charge is 0.477 e. The zero-order chi connectivity index (χ0) is 18.5. The van der Waals surface area contributed by atoms with Gasteiger partial charge in [-0.3, -0.25) is 9.69 Å². The summed E-state index contributed by atoms with van der Waals surface area (Å²) in [6.45, 7) is 6.57. The summed E-state index contributed by atoms with van der Waals surface area (Å²) in [5.74, 6) is -1.77. The lowest BCUT2D eigenvalue weighted by atomic mass is 10.1. The molecular formula is C18H21FN2O3S. The van der Waals surface area contributed by atoms with Gasteiger partial charge in [0.25, 0.3) is 0 Å². The monoisotopic (exact) mass is 364 g/mol. The number of rotatable bonds is 3. The van der Waals surface area contributed by atoms with Gasteiger partial charge in [0.15, 0.2) is 0 Å². The van der Waals surface area contributed by atoms with Crippen molar-refractivity contribution in [3.8, 4) is 0 Å². The van der Waals surface area contributed by atoms with Crippen LogP contribution < -0.4 is 5.43 Å². The molecule has 0 aliphatic carbocycles. The Bertz CT molecular complexity index is 911. The van der Waals surface area contributed by atoms with Gasteiger partial charge in [0.2, 0.25) is 5.43 Å². The molecule has 2 heterocycles. The average molecular weight is 364 g/mol. The predicted molar refractivity (Wildman–Crippen MR) is 97.8 cm³/mol. The van der Waals surface area contributed by atoms with Crippen LogP contribution in [0.3, 0.4) is 0 Å². The standard InChI is InChI=1S/C18H21FN2O3S/c1-5-21-8-13(18(23)24)16(22)12-6-14(19)11(7-15(12)21)17-20(4)9(2)10(3)25-17/h6-10,17H,5H2,1-4H3,(H,23,24). The van der Waals surface area contributed by atoms with Crippen LogP contribution in [0, 0.1) is 5.82 Å². The van der Waals surface area contributed by atoms with Crippen LogP contribution in [0.2, 0.25) is 0 Å². The van der Waals surface area contributed by atoms with Crippen LogP contribution in [-0.2, 0) is 6.54 Å². The molecule has 1 saturated heterocycles. The molecule has 3 unspecified atom stereocenters. The molecule has 1 aromatic carbocycles. The van der Waals surface area contributed by atoms with Crippen LogP contribution in [0.5, 0.6) is 0 Å². The third-order valence-electron chi connectivity index (χ3n) is 5.07. The molecule has 5 nitrogen and oxygen atoms in total. The second-order valence-electron chi connectivity index (χ2n) is 6.45. The topological polar surface area (TPSA) is 62.5 Å². The molecule has 3 atom stereocenters. The van der Waals surface area contributed by atoms with Crippen LogP contribution in [0.25, 0.3) is 10.9 Å². The number of aromatic nitrogens is 1. The quantitative estimate of drug-likeness (QED) is 0.905. The van der Waals surface area contributed by atoms with Gasteiger partial charge in [-0.15, -0.1) is 11.8 Å². The first-order valence-electron chi connectivity index (χ1n) is 8.23. The molecule has 0 radical (unpaired) electrons. The minimum absolute atomic E-state index is 0.106. The number of aromatic carboxylic acids is 1. The number of carboxylic acids is 1. The third-order valence-corrected chi connectivity index (χ3v) is 6.74. The first kappa shape index (κ1) is 17.9. The molecule has 0 amide bonds. The molecule has 7 heteroatoms. The van der Waals surface area contributed by atoms with Gasteiger partial charge in [0.1, 0.15) is 11.4 Å². The lowest BCUT2D eigenvalue weighted by Crippen LogP contribution is -2.29. The summed E-state index contributed by atoms with van der Waals surface area (Å²) in [6.07, 6.45) is 1.34. The van der Waals surface area contributed by atoms with E-state index >= 15 is 0 Å². The SMILES string of the molecule is CCn1cc(C(=O)O)c(=O)c2cc(F)c(C3SC(C)C(C)N3C)cc21. The van der Waals surface area contributed by atoms with E-state index in [4.69, 9.17) is 0 Å². The molecule has 0 spiro atoms. The Morgan fingerprint density at radius 1 is 1.36 bits per heavy atom. The van der Waals surface area contributed by atoms with E-state index in [1.54, 1.807) is 22.4 Å². The third kappa shape index (κ3) is 2.85. The maximum Gasteiger partial charge on any atom is 0.341 e. The minimum Gasteiger partial charge on any atom is -0.477 e. The van der Waals surface area contributed by atoms with Gasteiger partial charge in [-0.2, -0.15) is 0 Å². The summed E-state index contributed by atoms with van der Waals surface area (Å²) < 4.78 is 16.5. The zero-order valence-electron chi connectivity index (χ0n) is 14.6. The highest BCUT2D eigenvalue weighted by molar-refractivity contribution is 8.00. The average Bonchev–Trinajstić information content (AvgIpc) is 2.82. The van der Waals surface area contributed by atoms with Gasteiger partial charge in [-0.1, -0.05) is 6.92 Å². The van der Waals surface area contributed by atoms with Crippen molar-refractivity contribution in [1.82, 2.24) is 9.47 Å². The maximum absolute atomic E-state index is 14.8. The Morgan fingerprint density at radius 2 is 2.04 bits per heavy atom. The Kier molecular flexibility index (Phi) is 4.64. The van der Waals surface area contributed by atoms with Gasteiger partial charge < -0.3 is 9.67 Å². The van der Waals surface area contributed by atoms with Crippen LogP contribution >= 0.6 is 11.8 Å². The summed E-state index contributed by atoms with van der Waals surface area (Å²) >= 11 is 1.69. The molecule has 1 aliphatic heterocycles. The normalized spacial score (nSPS) is 24.1. The van der Waals surface area contributed by atoms with Gasteiger partial charge in [0.05, 0.1) is 10.9 Å². The maximum atomic E-state index is 14.8. The summed E-state index contributed by atoms with van der Waals surface area (Å²) in [6, 6.07) is 3.20. The van der Waals surface area contributed by atoms with E-state index in [9.17, 15) is 19.1 Å². The fourth-order valence-electron chi connectivity index (χ4n) is 3.28. The highest BCUT2D eigenvalue weighted by Crippen LogP contribution is 2.45. The van der Waals surface area contributed by atoms with E-state index in [0.717, 1.165) is 0 Å². The Balaban J connectivity index is 2.25. The molecule has 3 rings (SSSR count). The molecule has 1 N–H and O–H groups in total. The number of carbonyl (C=O) groups is 1. The number of thioether (sulfide) groups is 1. The second-order valence-corrected chi connectivity index (χ2v) is 7.92. The van der Waals surface area contributed by atoms with Gasteiger partial charge in [0, 0.05) is 35.0 Å². The number of nitrogens with zero attached hydrogens (tertiary/aromatic N) is 2. The summed E-state index contributed by atoms with van der Waals surface area (Å²) in [4.78, 5) is 25.8. The first-order valence-corrected chi connectivity index (χ1v) is 9.17. The second kappa shape index (κ2) is 6.46.